The number of hydrogen-bond acceptors (Lipinski definition) is 3. The van der Waals surface area contributed by atoms with Crippen molar-refractivity contribution in [3.8, 4) is 0 Å². The molecule has 1 heterocycles. The fraction of sp³-hybridized carbons (Fsp3) is 0.364. The summed E-state index contributed by atoms with van der Waals surface area (Å²) in [6.45, 7) is 0.916. The monoisotopic (exact) mass is 266 g/mol. The Labute approximate surface area is 96.9 Å². The van der Waals surface area contributed by atoms with E-state index in [2.05, 4.69) is 31.9 Å². The van der Waals surface area contributed by atoms with Crippen molar-refractivity contribution in [2.75, 3.05) is 18.5 Å². The van der Waals surface area contributed by atoms with Crippen molar-refractivity contribution in [3.63, 3.8) is 0 Å². The predicted molar refractivity (Wildman–Crippen MR) is 62.9 cm³/mol. The third-order valence-corrected chi connectivity index (χ3v) is 3.20. The van der Waals surface area contributed by atoms with Crippen LogP contribution in [0.25, 0.3) is 0 Å². The summed E-state index contributed by atoms with van der Waals surface area (Å²) in [5, 5.41) is 0. The number of fused-ring (bicyclic) bond motifs is 1. The summed E-state index contributed by atoms with van der Waals surface area (Å²) < 4.78 is 1.05. The maximum atomic E-state index is 10.3. The van der Waals surface area contributed by atoms with Crippen molar-refractivity contribution in [2.24, 2.45) is 4.99 Å². The summed E-state index contributed by atoms with van der Waals surface area (Å²) in [6.07, 6.45) is 2.53. The molecule has 0 fully saturated rings. The van der Waals surface area contributed by atoms with E-state index in [1.165, 1.54) is 0 Å². The molecule has 0 saturated carbocycles. The van der Waals surface area contributed by atoms with E-state index >= 15 is 0 Å². The highest BCUT2D eigenvalue weighted by Crippen LogP contribution is 2.36. The van der Waals surface area contributed by atoms with E-state index < -0.39 is 0 Å². The quantitative estimate of drug-likeness (QED) is 0.579. The topological polar surface area (TPSA) is 32.7 Å². The Bertz CT molecular complexity index is 427. The molecule has 1 aliphatic heterocycles. The average Bonchev–Trinajstić information content (AvgIpc) is 2.23. The zero-order valence-electron chi connectivity index (χ0n) is 8.40. The number of rotatable bonds is 1. The Morgan fingerprint density at radius 1 is 1.60 bits per heavy atom. The van der Waals surface area contributed by atoms with Crippen molar-refractivity contribution in [2.45, 2.75) is 12.5 Å². The van der Waals surface area contributed by atoms with Crippen molar-refractivity contribution < 1.29 is 4.79 Å². The van der Waals surface area contributed by atoms with Gasteiger partial charge in [0.1, 0.15) is 0 Å². The minimum absolute atomic E-state index is 0.0261. The van der Waals surface area contributed by atoms with Crippen LogP contribution in [0.4, 0.5) is 5.69 Å². The number of halogens is 1. The first-order valence-electron chi connectivity index (χ1n) is 4.80. The number of nitrogens with zero attached hydrogens (tertiary/aromatic N) is 2. The van der Waals surface area contributed by atoms with Gasteiger partial charge in [-0.15, -0.1) is 0 Å². The summed E-state index contributed by atoms with van der Waals surface area (Å²) in [6, 6.07) is 6.02. The Morgan fingerprint density at radius 2 is 2.40 bits per heavy atom. The minimum Gasteiger partial charge on any atom is -0.374 e. The molecule has 3 nitrogen and oxygen atoms in total. The van der Waals surface area contributed by atoms with Gasteiger partial charge in [0.05, 0.1) is 6.04 Å². The molecule has 1 atom stereocenters. The first-order valence-corrected chi connectivity index (χ1v) is 5.59. The first kappa shape index (κ1) is 10.4. The van der Waals surface area contributed by atoms with E-state index in [-0.39, 0.29) is 6.04 Å². The highest BCUT2D eigenvalue weighted by molar-refractivity contribution is 9.10. The lowest BCUT2D eigenvalue weighted by molar-refractivity contribution is 0.549. The van der Waals surface area contributed by atoms with Gasteiger partial charge in [-0.2, -0.15) is 4.99 Å². The number of aliphatic imine (C=N–C) groups is 1. The van der Waals surface area contributed by atoms with Gasteiger partial charge < -0.3 is 4.90 Å². The molecule has 0 spiro atoms. The van der Waals surface area contributed by atoms with Gasteiger partial charge in [0.15, 0.2) is 0 Å². The highest BCUT2D eigenvalue weighted by atomic mass is 79.9. The molecule has 0 aromatic heterocycles. The number of anilines is 1. The summed E-state index contributed by atoms with van der Waals surface area (Å²) in [5.41, 5.74) is 2.25. The molecule has 0 amide bonds. The molecule has 1 aliphatic rings. The molecule has 15 heavy (non-hydrogen) atoms. The van der Waals surface area contributed by atoms with Crippen LogP contribution in [0.1, 0.15) is 18.0 Å². The smallest absolute Gasteiger partial charge is 0.235 e. The van der Waals surface area contributed by atoms with Gasteiger partial charge in [0, 0.05) is 29.3 Å². The fourth-order valence-electron chi connectivity index (χ4n) is 1.92. The van der Waals surface area contributed by atoms with E-state index in [1.54, 1.807) is 6.08 Å². The predicted octanol–water partition coefficient (Wildman–Crippen LogP) is 2.67. The van der Waals surface area contributed by atoms with E-state index in [0.717, 1.165) is 28.7 Å². The standard InChI is InChI=1S/C11H11BrN2O/c1-14-5-4-10(13-7-15)9-3-2-8(12)6-11(9)14/h2-3,6,10H,4-5H2,1H3. The van der Waals surface area contributed by atoms with Gasteiger partial charge in [-0.3, -0.25) is 0 Å². The number of isocyanates is 1. The third kappa shape index (κ3) is 1.96. The van der Waals surface area contributed by atoms with Gasteiger partial charge in [-0.25, -0.2) is 4.79 Å². The molecule has 2 rings (SSSR count). The minimum atomic E-state index is -0.0261. The first-order chi connectivity index (χ1) is 7.22. The highest BCUT2D eigenvalue weighted by Gasteiger charge is 2.22. The molecule has 4 heteroatoms. The molecule has 1 aromatic carbocycles. The van der Waals surface area contributed by atoms with E-state index in [1.807, 2.05) is 19.2 Å². The summed E-state index contributed by atoms with van der Waals surface area (Å²) >= 11 is 3.44. The van der Waals surface area contributed by atoms with Crippen LogP contribution in [0.2, 0.25) is 0 Å². The Balaban J connectivity index is 2.49. The average molecular weight is 267 g/mol. The van der Waals surface area contributed by atoms with Gasteiger partial charge in [0.2, 0.25) is 6.08 Å². The SMILES string of the molecule is CN1CCC(N=C=O)c2ccc(Br)cc21. The molecule has 0 N–H and O–H groups in total. The van der Waals surface area contributed by atoms with Crippen LogP contribution in [0.3, 0.4) is 0 Å². The Kier molecular flexibility index (Phi) is 2.89. The zero-order chi connectivity index (χ0) is 10.8. The summed E-state index contributed by atoms with van der Waals surface area (Å²) in [5.74, 6) is 0. The fourth-order valence-corrected chi connectivity index (χ4v) is 2.27. The molecule has 0 saturated heterocycles. The maximum Gasteiger partial charge on any atom is 0.235 e. The van der Waals surface area contributed by atoms with Crippen molar-refractivity contribution >= 4 is 27.7 Å². The van der Waals surface area contributed by atoms with E-state index in [9.17, 15) is 4.79 Å². The van der Waals surface area contributed by atoms with Crippen LogP contribution in [0.5, 0.6) is 0 Å². The normalized spacial score (nSPS) is 19.3. The second kappa shape index (κ2) is 4.17. The second-order valence-corrected chi connectivity index (χ2v) is 4.57. The largest absolute Gasteiger partial charge is 0.374 e. The molecular formula is C11H11BrN2O. The van der Waals surface area contributed by atoms with Crippen molar-refractivity contribution in [1.82, 2.24) is 0 Å². The molecule has 1 unspecified atom stereocenters. The number of benzene rings is 1. The molecular weight excluding hydrogens is 256 g/mol. The van der Waals surface area contributed by atoms with Crippen molar-refractivity contribution in [3.05, 3.63) is 28.2 Å². The van der Waals surface area contributed by atoms with Crippen LogP contribution in [0, 0.1) is 0 Å². The van der Waals surface area contributed by atoms with Crippen molar-refractivity contribution in [1.29, 1.82) is 0 Å². The van der Waals surface area contributed by atoms with Crippen LogP contribution in [0.15, 0.2) is 27.7 Å². The second-order valence-electron chi connectivity index (χ2n) is 3.65. The maximum absolute atomic E-state index is 10.3. The Hall–Kier alpha value is -1.12. The van der Waals surface area contributed by atoms with E-state index in [0.29, 0.717) is 0 Å². The lowest BCUT2D eigenvalue weighted by Gasteiger charge is -2.30. The molecule has 0 radical (unpaired) electrons. The number of hydrogen-bond donors (Lipinski definition) is 0. The van der Waals surface area contributed by atoms with E-state index in [4.69, 9.17) is 0 Å². The van der Waals surface area contributed by atoms with Gasteiger partial charge in [-0.05, 0) is 18.6 Å². The molecule has 78 valence electrons. The van der Waals surface area contributed by atoms with Gasteiger partial charge in [-0.1, -0.05) is 22.0 Å². The van der Waals surface area contributed by atoms with Gasteiger partial charge >= 0.3 is 0 Å². The van der Waals surface area contributed by atoms with Crippen LogP contribution >= 0.6 is 15.9 Å². The Morgan fingerprint density at radius 3 is 3.13 bits per heavy atom. The van der Waals surface area contributed by atoms with Crippen LogP contribution in [-0.2, 0) is 4.79 Å². The lowest BCUT2D eigenvalue weighted by atomic mass is 9.97. The zero-order valence-corrected chi connectivity index (χ0v) is 9.99. The van der Waals surface area contributed by atoms with Gasteiger partial charge in [0.25, 0.3) is 0 Å². The molecule has 0 aliphatic carbocycles. The molecule has 1 aromatic rings. The van der Waals surface area contributed by atoms with Crippen LogP contribution < -0.4 is 4.90 Å². The van der Waals surface area contributed by atoms with Crippen LogP contribution in [-0.4, -0.2) is 19.7 Å². The summed E-state index contributed by atoms with van der Waals surface area (Å²) in [4.78, 5) is 16.3. The molecule has 0 bridgehead atoms. The number of carbonyl (C=O) groups excluding carboxylic acids is 1. The third-order valence-electron chi connectivity index (χ3n) is 2.71. The lowest BCUT2D eigenvalue weighted by Crippen LogP contribution is -2.26. The summed E-state index contributed by atoms with van der Waals surface area (Å²) in [7, 11) is 2.05.